The molecule has 2 aromatic rings. The minimum atomic E-state index is -0.884. The van der Waals surface area contributed by atoms with Crippen molar-refractivity contribution in [3.63, 3.8) is 0 Å². The molecule has 19 heavy (non-hydrogen) atoms. The summed E-state index contributed by atoms with van der Waals surface area (Å²) in [6.45, 7) is 5.42. The zero-order valence-corrected chi connectivity index (χ0v) is 11.4. The molecule has 1 aromatic carbocycles. The van der Waals surface area contributed by atoms with Gasteiger partial charge >= 0.3 is 5.76 Å². The van der Waals surface area contributed by atoms with Gasteiger partial charge in [-0.25, -0.2) is 18.1 Å². The minimum Gasteiger partial charge on any atom is -0.410 e. The lowest BCUT2D eigenvalue weighted by atomic mass is 9.94. The van der Waals surface area contributed by atoms with Gasteiger partial charge in [-0.15, -0.1) is 0 Å². The van der Waals surface area contributed by atoms with Crippen molar-refractivity contribution in [2.45, 2.75) is 26.2 Å². The highest BCUT2D eigenvalue weighted by molar-refractivity contribution is 6.30. The third kappa shape index (κ3) is 2.42. The summed E-state index contributed by atoms with van der Waals surface area (Å²) in [5.74, 6) is -2.17. The van der Waals surface area contributed by atoms with Crippen LogP contribution in [0.5, 0.6) is 0 Å². The smallest absolute Gasteiger partial charge is 0.410 e. The largest absolute Gasteiger partial charge is 0.425 e. The first-order valence-corrected chi connectivity index (χ1v) is 5.97. The highest BCUT2D eigenvalue weighted by atomic mass is 35.5. The van der Waals surface area contributed by atoms with Gasteiger partial charge in [0.15, 0.2) is 10.9 Å². The van der Waals surface area contributed by atoms with E-state index in [0.717, 1.165) is 16.7 Å². The Bertz CT molecular complexity index is 683. The Kier molecular flexibility index (Phi) is 3.26. The number of hydrogen-bond donors (Lipinski definition) is 0. The van der Waals surface area contributed by atoms with Crippen molar-refractivity contribution in [1.82, 2.24) is 4.57 Å². The van der Waals surface area contributed by atoms with Gasteiger partial charge < -0.3 is 4.42 Å². The molecule has 102 valence electrons. The summed E-state index contributed by atoms with van der Waals surface area (Å²) in [5.41, 5.74) is -0.645. The second kappa shape index (κ2) is 4.49. The summed E-state index contributed by atoms with van der Waals surface area (Å²) >= 11 is 6.07. The summed E-state index contributed by atoms with van der Waals surface area (Å²) in [6.07, 6.45) is 0. The average Bonchev–Trinajstić information content (AvgIpc) is 2.55. The van der Waals surface area contributed by atoms with Crippen LogP contribution in [0.2, 0.25) is 5.15 Å². The van der Waals surface area contributed by atoms with Crippen molar-refractivity contribution < 1.29 is 13.2 Å². The molecule has 0 aliphatic heterocycles. The summed E-state index contributed by atoms with van der Waals surface area (Å²) in [4.78, 5) is 11.8. The molecular weight excluding hydrogens is 276 g/mol. The lowest BCUT2D eigenvalue weighted by molar-refractivity contribution is 0.385. The molecule has 0 N–H and O–H groups in total. The first-order chi connectivity index (χ1) is 8.71. The van der Waals surface area contributed by atoms with Gasteiger partial charge in [-0.1, -0.05) is 32.4 Å². The maximum Gasteiger partial charge on any atom is 0.425 e. The van der Waals surface area contributed by atoms with Gasteiger partial charge in [0, 0.05) is 11.5 Å². The molecule has 2 rings (SSSR count). The zero-order chi connectivity index (χ0) is 14.4. The number of nitrogens with zero attached hydrogens (tertiary/aromatic N) is 1. The van der Waals surface area contributed by atoms with Crippen LogP contribution in [0.25, 0.3) is 5.69 Å². The van der Waals surface area contributed by atoms with E-state index in [-0.39, 0.29) is 16.6 Å². The van der Waals surface area contributed by atoms with E-state index in [0.29, 0.717) is 6.07 Å². The number of rotatable bonds is 1. The molecule has 1 heterocycles. The van der Waals surface area contributed by atoms with Crippen LogP contribution in [0.3, 0.4) is 0 Å². The van der Waals surface area contributed by atoms with Crippen molar-refractivity contribution in [1.29, 1.82) is 0 Å². The monoisotopic (exact) mass is 287 g/mol. The van der Waals surface area contributed by atoms with E-state index >= 15 is 0 Å². The number of aromatic nitrogens is 1. The Morgan fingerprint density at radius 1 is 1.26 bits per heavy atom. The fourth-order valence-corrected chi connectivity index (χ4v) is 2.17. The van der Waals surface area contributed by atoms with Gasteiger partial charge in [-0.3, -0.25) is 0 Å². The lowest BCUT2D eigenvalue weighted by Crippen LogP contribution is -2.13. The molecule has 6 heteroatoms. The van der Waals surface area contributed by atoms with E-state index in [9.17, 15) is 13.6 Å². The molecule has 1 aromatic heterocycles. The Morgan fingerprint density at radius 3 is 2.37 bits per heavy atom. The predicted octanol–water partition coefficient (Wildman–Crippen LogP) is 3.66. The minimum absolute atomic E-state index is 0.0111. The van der Waals surface area contributed by atoms with Gasteiger partial charge in [0.05, 0.1) is 5.69 Å². The van der Waals surface area contributed by atoms with Gasteiger partial charge in [0.25, 0.3) is 0 Å². The topological polar surface area (TPSA) is 35.1 Å². The van der Waals surface area contributed by atoms with E-state index in [1.54, 1.807) is 0 Å². The van der Waals surface area contributed by atoms with Crippen LogP contribution in [0.4, 0.5) is 8.78 Å². The van der Waals surface area contributed by atoms with E-state index < -0.39 is 22.8 Å². The Morgan fingerprint density at radius 2 is 1.89 bits per heavy atom. The summed E-state index contributed by atoms with van der Waals surface area (Å²) < 4.78 is 32.5. The van der Waals surface area contributed by atoms with E-state index in [4.69, 9.17) is 16.0 Å². The number of oxazole rings is 1. The SMILES string of the molecule is CC(C)(C)c1oc(=O)n(-c2ccc(F)cc2F)c1Cl. The van der Waals surface area contributed by atoms with Crippen LogP contribution in [0, 0.1) is 11.6 Å². The second-order valence-corrected chi connectivity index (χ2v) is 5.53. The first kappa shape index (κ1) is 13.8. The third-order valence-corrected chi connectivity index (χ3v) is 2.93. The van der Waals surface area contributed by atoms with Gasteiger partial charge in [-0.2, -0.15) is 0 Å². The van der Waals surface area contributed by atoms with Crippen molar-refractivity contribution in [3.05, 3.63) is 51.3 Å². The summed E-state index contributed by atoms with van der Waals surface area (Å²) in [6, 6.07) is 2.87. The van der Waals surface area contributed by atoms with Crippen molar-refractivity contribution >= 4 is 11.6 Å². The Labute approximate surface area is 113 Å². The molecule has 0 fully saturated rings. The standard InChI is InChI=1S/C13H12ClF2NO2/c1-13(2,3)10-11(14)17(12(18)19-10)9-5-4-7(15)6-8(9)16/h4-6H,1-3H3. The molecule has 0 aliphatic rings. The molecule has 0 saturated carbocycles. The molecular formula is C13H12ClF2NO2. The highest BCUT2D eigenvalue weighted by Gasteiger charge is 2.27. The molecule has 3 nitrogen and oxygen atoms in total. The van der Waals surface area contributed by atoms with Crippen molar-refractivity contribution in [2.24, 2.45) is 0 Å². The maximum absolute atomic E-state index is 13.7. The quantitative estimate of drug-likeness (QED) is 0.802. The van der Waals surface area contributed by atoms with Crippen LogP contribution in [0.1, 0.15) is 26.5 Å². The predicted molar refractivity (Wildman–Crippen MR) is 67.9 cm³/mol. The van der Waals surface area contributed by atoms with Crippen molar-refractivity contribution in [3.8, 4) is 5.69 Å². The molecule has 0 radical (unpaired) electrons. The molecule has 0 saturated heterocycles. The fourth-order valence-electron chi connectivity index (χ4n) is 1.69. The van der Waals surface area contributed by atoms with Crippen LogP contribution < -0.4 is 5.76 Å². The average molecular weight is 288 g/mol. The number of benzene rings is 1. The number of halogens is 3. The first-order valence-electron chi connectivity index (χ1n) is 5.59. The summed E-state index contributed by atoms with van der Waals surface area (Å²) in [7, 11) is 0. The second-order valence-electron chi connectivity index (χ2n) is 5.17. The van der Waals surface area contributed by atoms with E-state index in [1.807, 2.05) is 20.8 Å². The van der Waals surface area contributed by atoms with E-state index in [2.05, 4.69) is 0 Å². The Hall–Kier alpha value is -1.62. The summed E-state index contributed by atoms with van der Waals surface area (Å²) in [5, 5.41) is -0.0111. The molecule has 0 unspecified atom stereocenters. The maximum atomic E-state index is 13.7. The van der Waals surface area contributed by atoms with Crippen molar-refractivity contribution in [2.75, 3.05) is 0 Å². The van der Waals surface area contributed by atoms with Crippen LogP contribution >= 0.6 is 11.6 Å². The molecule has 0 bridgehead atoms. The third-order valence-electron chi connectivity index (χ3n) is 2.59. The van der Waals surface area contributed by atoms with Crippen LogP contribution in [0.15, 0.2) is 27.4 Å². The number of hydrogen-bond acceptors (Lipinski definition) is 2. The van der Waals surface area contributed by atoms with Crippen LogP contribution in [-0.4, -0.2) is 4.57 Å². The highest BCUT2D eigenvalue weighted by Crippen LogP contribution is 2.30. The zero-order valence-electron chi connectivity index (χ0n) is 10.6. The van der Waals surface area contributed by atoms with Crippen LogP contribution in [-0.2, 0) is 5.41 Å². The molecule has 0 atom stereocenters. The van der Waals surface area contributed by atoms with Gasteiger partial charge in [0.2, 0.25) is 0 Å². The molecule has 0 aliphatic carbocycles. The normalized spacial score (nSPS) is 11.9. The molecule has 0 spiro atoms. The molecule has 0 amide bonds. The van der Waals surface area contributed by atoms with Gasteiger partial charge in [0.1, 0.15) is 11.6 Å². The fraction of sp³-hybridized carbons (Fsp3) is 0.308. The van der Waals surface area contributed by atoms with E-state index in [1.165, 1.54) is 0 Å². The lowest BCUT2D eigenvalue weighted by Gasteiger charge is -2.14. The van der Waals surface area contributed by atoms with Gasteiger partial charge in [-0.05, 0) is 12.1 Å². The Balaban J connectivity index is 2.71.